The van der Waals surface area contributed by atoms with Crippen molar-refractivity contribution in [3.63, 3.8) is 0 Å². The summed E-state index contributed by atoms with van der Waals surface area (Å²) < 4.78 is 0. The highest BCUT2D eigenvalue weighted by Gasteiger charge is 2.02. The van der Waals surface area contributed by atoms with Crippen LogP contribution in [0.25, 0.3) is 10.8 Å². The number of nitrogen functional groups attached to an aromatic ring is 1. The van der Waals surface area contributed by atoms with Crippen molar-refractivity contribution >= 4 is 16.5 Å². The van der Waals surface area contributed by atoms with Gasteiger partial charge in [-0.15, -0.1) is 0 Å². The molecule has 2 rings (SSSR count). The zero-order valence-corrected chi connectivity index (χ0v) is 9.87. The van der Waals surface area contributed by atoms with E-state index < -0.39 is 0 Å². The maximum atomic E-state index is 5.98. The van der Waals surface area contributed by atoms with Crippen molar-refractivity contribution in [2.24, 2.45) is 0 Å². The average Bonchev–Trinajstić information content (AvgIpc) is 2.33. The molecule has 16 heavy (non-hydrogen) atoms. The molecule has 1 heteroatoms. The Kier molecular flexibility index (Phi) is 3.45. The van der Waals surface area contributed by atoms with Gasteiger partial charge in [0, 0.05) is 11.1 Å². The fourth-order valence-electron chi connectivity index (χ4n) is 2.17. The van der Waals surface area contributed by atoms with Crippen LogP contribution in [-0.2, 0) is 6.42 Å². The summed E-state index contributed by atoms with van der Waals surface area (Å²) in [5.41, 5.74) is 8.29. The Hall–Kier alpha value is -1.50. The van der Waals surface area contributed by atoms with Gasteiger partial charge < -0.3 is 5.73 Å². The molecule has 1 nitrogen and oxygen atoms in total. The van der Waals surface area contributed by atoms with E-state index in [-0.39, 0.29) is 0 Å². The molecule has 0 amide bonds. The molecule has 0 aliphatic carbocycles. The predicted octanol–water partition coefficient (Wildman–Crippen LogP) is 4.15. The molecule has 0 fully saturated rings. The second kappa shape index (κ2) is 5.02. The van der Waals surface area contributed by atoms with Crippen LogP contribution in [0.1, 0.15) is 31.7 Å². The summed E-state index contributed by atoms with van der Waals surface area (Å²) in [6, 6.07) is 12.6. The highest BCUT2D eigenvalue weighted by molar-refractivity contribution is 5.95. The molecule has 0 heterocycles. The van der Waals surface area contributed by atoms with Gasteiger partial charge in [0.15, 0.2) is 0 Å². The molecule has 0 spiro atoms. The minimum atomic E-state index is 0.884. The van der Waals surface area contributed by atoms with Gasteiger partial charge in [0.05, 0.1) is 0 Å². The Bertz CT molecular complexity index is 474. The van der Waals surface area contributed by atoms with Crippen LogP contribution in [0.4, 0.5) is 5.69 Å². The summed E-state index contributed by atoms with van der Waals surface area (Å²) in [4.78, 5) is 0. The summed E-state index contributed by atoms with van der Waals surface area (Å²) in [5, 5.41) is 2.51. The van der Waals surface area contributed by atoms with Crippen molar-refractivity contribution in [1.29, 1.82) is 0 Å². The van der Waals surface area contributed by atoms with Crippen LogP contribution in [-0.4, -0.2) is 0 Å². The molecule has 2 aromatic rings. The van der Waals surface area contributed by atoms with Gasteiger partial charge in [0.1, 0.15) is 0 Å². The Labute approximate surface area is 97.3 Å². The maximum absolute atomic E-state index is 5.98. The number of fused-ring (bicyclic) bond motifs is 1. The quantitative estimate of drug-likeness (QED) is 0.599. The van der Waals surface area contributed by atoms with Crippen molar-refractivity contribution in [2.45, 2.75) is 32.6 Å². The molecule has 0 unspecified atom stereocenters. The lowest BCUT2D eigenvalue weighted by Crippen LogP contribution is -1.92. The first-order chi connectivity index (χ1) is 7.83. The van der Waals surface area contributed by atoms with E-state index >= 15 is 0 Å². The van der Waals surface area contributed by atoms with E-state index in [1.807, 2.05) is 6.07 Å². The van der Waals surface area contributed by atoms with Crippen LogP contribution >= 0.6 is 0 Å². The van der Waals surface area contributed by atoms with Crippen molar-refractivity contribution in [3.8, 4) is 0 Å². The lowest BCUT2D eigenvalue weighted by molar-refractivity contribution is 0.720. The summed E-state index contributed by atoms with van der Waals surface area (Å²) in [5.74, 6) is 0. The largest absolute Gasteiger partial charge is 0.398 e. The van der Waals surface area contributed by atoms with Crippen LogP contribution in [0.5, 0.6) is 0 Å². The molecule has 0 saturated carbocycles. The molecular formula is C15H19N. The van der Waals surface area contributed by atoms with Crippen molar-refractivity contribution in [3.05, 3.63) is 42.0 Å². The van der Waals surface area contributed by atoms with E-state index in [4.69, 9.17) is 5.73 Å². The first kappa shape index (κ1) is 11.0. The Morgan fingerprint density at radius 2 is 1.69 bits per heavy atom. The zero-order valence-electron chi connectivity index (χ0n) is 9.87. The number of hydrogen-bond acceptors (Lipinski definition) is 1. The molecule has 2 aromatic carbocycles. The number of rotatable bonds is 4. The summed E-state index contributed by atoms with van der Waals surface area (Å²) in [7, 11) is 0. The van der Waals surface area contributed by atoms with E-state index in [1.165, 1.54) is 35.6 Å². The standard InChI is InChI=1S/C15H19N/c1-2-3-4-7-12-10-11-15(16)14-9-6-5-8-13(12)14/h5-6,8-11H,2-4,7,16H2,1H3. The van der Waals surface area contributed by atoms with Crippen LogP contribution in [0, 0.1) is 0 Å². The third kappa shape index (κ3) is 2.19. The topological polar surface area (TPSA) is 26.0 Å². The SMILES string of the molecule is CCCCCc1ccc(N)c2ccccc12. The van der Waals surface area contributed by atoms with Crippen LogP contribution in [0.2, 0.25) is 0 Å². The number of nitrogens with two attached hydrogens (primary N) is 1. The van der Waals surface area contributed by atoms with E-state index in [9.17, 15) is 0 Å². The van der Waals surface area contributed by atoms with Gasteiger partial charge >= 0.3 is 0 Å². The maximum Gasteiger partial charge on any atom is 0.0393 e. The van der Waals surface area contributed by atoms with Crippen molar-refractivity contribution in [1.82, 2.24) is 0 Å². The molecule has 0 radical (unpaired) electrons. The van der Waals surface area contributed by atoms with Crippen LogP contribution in [0.3, 0.4) is 0 Å². The second-order valence-electron chi connectivity index (χ2n) is 4.32. The highest BCUT2D eigenvalue weighted by atomic mass is 14.5. The van der Waals surface area contributed by atoms with Gasteiger partial charge in [0.2, 0.25) is 0 Å². The highest BCUT2D eigenvalue weighted by Crippen LogP contribution is 2.25. The number of anilines is 1. The van der Waals surface area contributed by atoms with Crippen molar-refractivity contribution < 1.29 is 0 Å². The molecule has 84 valence electrons. The van der Waals surface area contributed by atoms with Gasteiger partial charge in [-0.05, 0) is 29.9 Å². The second-order valence-corrected chi connectivity index (χ2v) is 4.32. The van der Waals surface area contributed by atoms with Crippen LogP contribution < -0.4 is 5.73 Å². The zero-order chi connectivity index (χ0) is 11.4. The summed E-state index contributed by atoms with van der Waals surface area (Å²) in [6.45, 7) is 2.24. The smallest absolute Gasteiger partial charge is 0.0393 e. The van der Waals surface area contributed by atoms with Crippen molar-refractivity contribution in [2.75, 3.05) is 5.73 Å². The minimum Gasteiger partial charge on any atom is -0.398 e. The molecule has 0 aromatic heterocycles. The van der Waals surface area contributed by atoms with E-state index in [0.717, 1.165) is 12.1 Å². The van der Waals surface area contributed by atoms with E-state index in [0.29, 0.717) is 0 Å². The molecule has 0 atom stereocenters. The minimum absolute atomic E-state index is 0.884. The molecule has 0 aliphatic heterocycles. The van der Waals surface area contributed by atoms with Gasteiger partial charge in [-0.1, -0.05) is 50.1 Å². The normalized spacial score (nSPS) is 10.8. The third-order valence-corrected chi connectivity index (χ3v) is 3.10. The van der Waals surface area contributed by atoms with Gasteiger partial charge in [-0.25, -0.2) is 0 Å². The van der Waals surface area contributed by atoms with Gasteiger partial charge in [0.25, 0.3) is 0 Å². The third-order valence-electron chi connectivity index (χ3n) is 3.10. The molecular weight excluding hydrogens is 194 g/mol. The lowest BCUT2D eigenvalue weighted by atomic mass is 9.99. The number of unbranched alkanes of at least 4 members (excludes halogenated alkanes) is 2. The number of aryl methyl sites for hydroxylation is 1. The monoisotopic (exact) mass is 213 g/mol. The Morgan fingerprint density at radius 1 is 0.938 bits per heavy atom. The fraction of sp³-hybridized carbons (Fsp3) is 0.333. The fourth-order valence-corrected chi connectivity index (χ4v) is 2.17. The predicted molar refractivity (Wildman–Crippen MR) is 71.6 cm³/mol. The van der Waals surface area contributed by atoms with Gasteiger partial charge in [-0.2, -0.15) is 0 Å². The van der Waals surface area contributed by atoms with E-state index in [2.05, 4.69) is 37.3 Å². The van der Waals surface area contributed by atoms with E-state index in [1.54, 1.807) is 0 Å². The lowest BCUT2D eigenvalue weighted by Gasteiger charge is -2.08. The summed E-state index contributed by atoms with van der Waals surface area (Å²) in [6.07, 6.45) is 5.00. The Morgan fingerprint density at radius 3 is 2.44 bits per heavy atom. The number of benzene rings is 2. The molecule has 0 aliphatic rings. The number of hydrogen-bond donors (Lipinski definition) is 1. The molecule has 2 N–H and O–H groups in total. The molecule has 0 bridgehead atoms. The van der Waals surface area contributed by atoms with Crippen LogP contribution in [0.15, 0.2) is 36.4 Å². The average molecular weight is 213 g/mol. The first-order valence-electron chi connectivity index (χ1n) is 6.09. The van der Waals surface area contributed by atoms with Gasteiger partial charge in [-0.3, -0.25) is 0 Å². The first-order valence-corrected chi connectivity index (χ1v) is 6.09. The summed E-state index contributed by atoms with van der Waals surface area (Å²) >= 11 is 0. The molecule has 0 saturated heterocycles. The Balaban J connectivity index is 2.35.